The molecule has 0 aromatic rings. The third-order valence-electron chi connectivity index (χ3n) is 5.23. The fraction of sp³-hybridized carbons (Fsp3) is 0.875. The van der Waals surface area contributed by atoms with E-state index in [4.69, 9.17) is 9.31 Å². The molecule has 2 aliphatic rings. The van der Waals surface area contributed by atoms with Crippen molar-refractivity contribution in [3.05, 3.63) is 11.5 Å². The molecule has 1 aliphatic heterocycles. The highest BCUT2D eigenvalue weighted by Gasteiger charge is 2.52. The molecule has 1 saturated heterocycles. The van der Waals surface area contributed by atoms with Gasteiger partial charge in [-0.2, -0.15) is 0 Å². The first kappa shape index (κ1) is 15.1. The normalized spacial score (nSPS) is 30.4. The van der Waals surface area contributed by atoms with Gasteiger partial charge >= 0.3 is 7.12 Å². The molecule has 108 valence electrons. The Kier molecular flexibility index (Phi) is 3.68. The first-order chi connectivity index (χ1) is 8.53. The van der Waals surface area contributed by atoms with Gasteiger partial charge in [0.05, 0.1) is 11.2 Å². The van der Waals surface area contributed by atoms with Crippen LogP contribution in [0.15, 0.2) is 11.5 Å². The quantitative estimate of drug-likeness (QED) is 0.654. The smallest absolute Gasteiger partial charge is 0.400 e. The van der Waals surface area contributed by atoms with E-state index in [9.17, 15) is 0 Å². The average Bonchev–Trinajstić information content (AvgIpc) is 2.47. The third-order valence-corrected chi connectivity index (χ3v) is 5.23. The molecule has 1 aliphatic carbocycles. The summed E-state index contributed by atoms with van der Waals surface area (Å²) in [5.41, 5.74) is 1.30. The van der Waals surface area contributed by atoms with Crippen LogP contribution >= 0.6 is 0 Å². The van der Waals surface area contributed by atoms with Crippen molar-refractivity contribution < 1.29 is 9.31 Å². The Hall–Kier alpha value is -0.275. The van der Waals surface area contributed by atoms with Crippen LogP contribution in [-0.4, -0.2) is 18.3 Å². The van der Waals surface area contributed by atoms with Crippen LogP contribution in [0.1, 0.15) is 67.7 Å². The van der Waals surface area contributed by atoms with E-state index in [0.717, 1.165) is 18.8 Å². The van der Waals surface area contributed by atoms with E-state index >= 15 is 0 Å². The fourth-order valence-corrected chi connectivity index (χ4v) is 2.85. The van der Waals surface area contributed by atoms with Gasteiger partial charge in [-0.15, -0.1) is 0 Å². The van der Waals surface area contributed by atoms with E-state index in [0.29, 0.717) is 5.41 Å². The SMILES string of the molecule is CC(C)(C)[C@@H]1CC=C(B2OC(C)(C)C(C)(C)O2)CC1. The van der Waals surface area contributed by atoms with Gasteiger partial charge in [-0.25, -0.2) is 0 Å². The maximum atomic E-state index is 6.13. The third kappa shape index (κ3) is 2.92. The zero-order valence-corrected chi connectivity index (χ0v) is 13.7. The number of hydrogen-bond acceptors (Lipinski definition) is 2. The molecule has 1 fully saturated rings. The van der Waals surface area contributed by atoms with Gasteiger partial charge in [-0.1, -0.05) is 26.8 Å². The second kappa shape index (κ2) is 4.63. The highest BCUT2D eigenvalue weighted by molar-refractivity contribution is 6.54. The van der Waals surface area contributed by atoms with E-state index in [-0.39, 0.29) is 18.3 Å². The summed E-state index contributed by atoms with van der Waals surface area (Å²) >= 11 is 0. The monoisotopic (exact) mass is 264 g/mol. The largest absolute Gasteiger partial charge is 0.490 e. The van der Waals surface area contributed by atoms with Gasteiger partial charge in [0, 0.05) is 0 Å². The van der Waals surface area contributed by atoms with E-state index < -0.39 is 0 Å². The van der Waals surface area contributed by atoms with Gasteiger partial charge in [0.25, 0.3) is 0 Å². The van der Waals surface area contributed by atoms with Crippen LogP contribution in [-0.2, 0) is 9.31 Å². The molecule has 1 atom stereocenters. The Labute approximate surface area is 119 Å². The summed E-state index contributed by atoms with van der Waals surface area (Å²) < 4.78 is 12.3. The number of hydrogen-bond donors (Lipinski definition) is 0. The zero-order chi connectivity index (χ0) is 14.5. The Morgan fingerprint density at radius 2 is 1.63 bits per heavy atom. The minimum Gasteiger partial charge on any atom is -0.400 e. The standard InChI is InChI=1S/C16H29BO2/c1-14(2,3)12-8-10-13(11-9-12)17-18-15(4,5)16(6,7)19-17/h10,12H,8-9,11H2,1-7H3/t12-/m1/s1. The van der Waals surface area contributed by atoms with Gasteiger partial charge in [0.2, 0.25) is 0 Å². The molecule has 1 heterocycles. The molecule has 0 radical (unpaired) electrons. The summed E-state index contributed by atoms with van der Waals surface area (Å²) in [5, 5.41) is 0. The Bertz CT molecular complexity index is 361. The summed E-state index contributed by atoms with van der Waals surface area (Å²) in [5.74, 6) is 0.777. The summed E-state index contributed by atoms with van der Waals surface area (Å²) in [7, 11) is -0.133. The molecule has 0 saturated carbocycles. The molecule has 0 aromatic carbocycles. The van der Waals surface area contributed by atoms with Gasteiger partial charge in [0.1, 0.15) is 0 Å². The summed E-state index contributed by atoms with van der Waals surface area (Å²) in [4.78, 5) is 0. The van der Waals surface area contributed by atoms with Crippen LogP contribution in [0.3, 0.4) is 0 Å². The van der Waals surface area contributed by atoms with Crippen molar-refractivity contribution >= 4 is 7.12 Å². The van der Waals surface area contributed by atoms with Gasteiger partial charge in [-0.3, -0.25) is 0 Å². The maximum absolute atomic E-state index is 6.13. The molecule has 0 amide bonds. The minimum absolute atomic E-state index is 0.133. The topological polar surface area (TPSA) is 18.5 Å². The highest BCUT2D eigenvalue weighted by atomic mass is 16.7. The van der Waals surface area contributed by atoms with E-state index in [1.807, 2.05) is 0 Å². The Morgan fingerprint density at radius 1 is 1.11 bits per heavy atom. The van der Waals surface area contributed by atoms with Crippen molar-refractivity contribution in [2.24, 2.45) is 11.3 Å². The first-order valence-electron chi connectivity index (χ1n) is 7.57. The maximum Gasteiger partial charge on any atom is 0.490 e. The molecule has 19 heavy (non-hydrogen) atoms. The van der Waals surface area contributed by atoms with Crippen molar-refractivity contribution in [2.75, 3.05) is 0 Å². The van der Waals surface area contributed by atoms with E-state index in [1.165, 1.54) is 11.9 Å². The molecule has 2 rings (SSSR count). The predicted octanol–water partition coefficient (Wildman–Crippen LogP) is 4.39. The Morgan fingerprint density at radius 3 is 2.00 bits per heavy atom. The van der Waals surface area contributed by atoms with Crippen LogP contribution < -0.4 is 0 Å². The average molecular weight is 264 g/mol. The van der Waals surface area contributed by atoms with Crippen LogP contribution in [0.2, 0.25) is 0 Å². The second-order valence-corrected chi connectivity index (χ2v) is 8.20. The molecule has 0 unspecified atom stereocenters. The van der Waals surface area contributed by atoms with Crippen molar-refractivity contribution in [2.45, 2.75) is 78.9 Å². The van der Waals surface area contributed by atoms with Crippen molar-refractivity contribution in [3.63, 3.8) is 0 Å². The molecule has 0 bridgehead atoms. The summed E-state index contributed by atoms with van der Waals surface area (Å²) in [6, 6.07) is 0. The highest BCUT2D eigenvalue weighted by Crippen LogP contribution is 2.42. The molecular weight excluding hydrogens is 235 g/mol. The van der Waals surface area contributed by atoms with E-state index in [2.05, 4.69) is 54.5 Å². The van der Waals surface area contributed by atoms with Crippen molar-refractivity contribution in [1.82, 2.24) is 0 Å². The lowest BCUT2D eigenvalue weighted by Gasteiger charge is -2.33. The molecule has 0 N–H and O–H groups in total. The summed E-state index contributed by atoms with van der Waals surface area (Å²) in [6.07, 6.45) is 5.88. The lowest BCUT2D eigenvalue weighted by atomic mass is 9.66. The lowest BCUT2D eigenvalue weighted by Crippen LogP contribution is -2.41. The molecule has 0 aromatic heterocycles. The zero-order valence-electron chi connectivity index (χ0n) is 13.7. The van der Waals surface area contributed by atoms with Crippen LogP contribution in [0.25, 0.3) is 0 Å². The molecule has 2 nitrogen and oxygen atoms in total. The van der Waals surface area contributed by atoms with Crippen molar-refractivity contribution in [1.29, 1.82) is 0 Å². The lowest BCUT2D eigenvalue weighted by molar-refractivity contribution is 0.00578. The minimum atomic E-state index is -0.223. The van der Waals surface area contributed by atoms with Gasteiger partial charge in [-0.05, 0) is 63.8 Å². The van der Waals surface area contributed by atoms with Crippen LogP contribution in [0, 0.1) is 11.3 Å². The van der Waals surface area contributed by atoms with Gasteiger partial charge in [0.15, 0.2) is 0 Å². The van der Waals surface area contributed by atoms with Gasteiger partial charge < -0.3 is 9.31 Å². The van der Waals surface area contributed by atoms with E-state index in [1.54, 1.807) is 0 Å². The Balaban J connectivity index is 2.05. The number of rotatable bonds is 1. The summed E-state index contributed by atoms with van der Waals surface area (Å²) in [6.45, 7) is 15.5. The number of allylic oxidation sites excluding steroid dienone is 2. The second-order valence-electron chi connectivity index (χ2n) is 8.20. The van der Waals surface area contributed by atoms with Crippen molar-refractivity contribution in [3.8, 4) is 0 Å². The molecule has 0 spiro atoms. The fourth-order valence-electron chi connectivity index (χ4n) is 2.85. The van der Waals surface area contributed by atoms with Crippen LogP contribution in [0.4, 0.5) is 0 Å². The molecular formula is C16H29BO2. The van der Waals surface area contributed by atoms with Crippen LogP contribution in [0.5, 0.6) is 0 Å². The predicted molar refractivity (Wildman–Crippen MR) is 81.0 cm³/mol. The first-order valence-corrected chi connectivity index (χ1v) is 7.57. The molecule has 3 heteroatoms.